The summed E-state index contributed by atoms with van der Waals surface area (Å²) in [5.41, 5.74) is 2.89. The Balaban J connectivity index is 1.49. The molecule has 0 spiro atoms. The lowest BCUT2D eigenvalue weighted by Gasteiger charge is -2.14. The monoisotopic (exact) mass is 348 g/mol. The number of rotatable bonds is 6. The van der Waals surface area contributed by atoms with Crippen molar-refractivity contribution in [3.05, 3.63) is 60.4 Å². The summed E-state index contributed by atoms with van der Waals surface area (Å²) in [6, 6.07) is 13.8. The average molecular weight is 348 g/mol. The molecule has 7 nitrogen and oxygen atoms in total. The number of imidazole rings is 1. The molecule has 0 fully saturated rings. The Morgan fingerprint density at radius 2 is 1.88 bits per heavy atom. The summed E-state index contributed by atoms with van der Waals surface area (Å²) in [5, 5.41) is 4.02. The number of aryl methyl sites for hydroxylation is 1. The molecule has 3 heterocycles. The van der Waals surface area contributed by atoms with Crippen LogP contribution in [0.15, 0.2) is 53.2 Å². The Hall–Kier alpha value is -3.06. The van der Waals surface area contributed by atoms with Crippen LogP contribution in [0.5, 0.6) is 0 Å². The zero-order valence-electron chi connectivity index (χ0n) is 14.8. The molecule has 1 aromatic carbocycles. The van der Waals surface area contributed by atoms with Gasteiger partial charge in [0, 0.05) is 12.7 Å². The normalized spacial score (nSPS) is 11.5. The molecule has 0 aliphatic rings. The van der Waals surface area contributed by atoms with Gasteiger partial charge in [-0.25, -0.2) is 4.98 Å². The predicted octanol–water partition coefficient (Wildman–Crippen LogP) is 3.13. The summed E-state index contributed by atoms with van der Waals surface area (Å²) in [5.74, 6) is 2.10. The molecule has 0 radical (unpaired) electrons. The van der Waals surface area contributed by atoms with Crippen LogP contribution in [-0.2, 0) is 19.6 Å². The molecule has 0 bridgehead atoms. The number of aromatic nitrogens is 5. The van der Waals surface area contributed by atoms with Crippen LogP contribution in [0.4, 0.5) is 0 Å². The third-order valence-corrected chi connectivity index (χ3v) is 4.23. The number of nitrogens with zero attached hydrogens (tertiary/aromatic N) is 6. The number of para-hydroxylation sites is 2. The van der Waals surface area contributed by atoms with Crippen molar-refractivity contribution in [3.8, 4) is 11.5 Å². The van der Waals surface area contributed by atoms with Crippen LogP contribution in [0, 0.1) is 0 Å². The largest absolute Gasteiger partial charge is 0.337 e. The second-order valence-electron chi connectivity index (χ2n) is 6.16. The van der Waals surface area contributed by atoms with E-state index < -0.39 is 0 Å². The summed E-state index contributed by atoms with van der Waals surface area (Å²) >= 11 is 0. The molecule has 26 heavy (non-hydrogen) atoms. The summed E-state index contributed by atoms with van der Waals surface area (Å²) in [6.45, 7) is 4.26. The number of hydrogen-bond acceptors (Lipinski definition) is 6. The van der Waals surface area contributed by atoms with E-state index in [-0.39, 0.29) is 0 Å². The second-order valence-corrected chi connectivity index (χ2v) is 6.16. The minimum atomic E-state index is 0.509. The van der Waals surface area contributed by atoms with Crippen molar-refractivity contribution in [2.24, 2.45) is 0 Å². The van der Waals surface area contributed by atoms with Crippen LogP contribution in [0.3, 0.4) is 0 Å². The van der Waals surface area contributed by atoms with Gasteiger partial charge in [0.25, 0.3) is 0 Å². The molecule has 0 atom stereocenters. The van der Waals surface area contributed by atoms with Crippen molar-refractivity contribution in [2.45, 2.75) is 26.6 Å². The third kappa shape index (κ3) is 3.21. The molecule has 0 saturated heterocycles. The molecule has 4 aromatic rings. The second kappa shape index (κ2) is 7.05. The van der Waals surface area contributed by atoms with Crippen molar-refractivity contribution in [1.82, 2.24) is 29.6 Å². The maximum absolute atomic E-state index is 5.37. The lowest BCUT2D eigenvalue weighted by molar-refractivity contribution is 0.254. The fraction of sp³-hybridized carbons (Fsp3) is 0.263. The van der Waals surface area contributed by atoms with Crippen LogP contribution >= 0.6 is 0 Å². The molecular weight excluding hydrogens is 328 g/mol. The van der Waals surface area contributed by atoms with Gasteiger partial charge in [-0.3, -0.25) is 9.88 Å². The van der Waals surface area contributed by atoms with Crippen LogP contribution in [0.2, 0.25) is 0 Å². The van der Waals surface area contributed by atoms with E-state index in [0.717, 1.165) is 23.4 Å². The number of fused-ring (bicyclic) bond motifs is 1. The Morgan fingerprint density at radius 3 is 2.69 bits per heavy atom. The minimum absolute atomic E-state index is 0.509. The Kier molecular flexibility index (Phi) is 4.45. The highest BCUT2D eigenvalue weighted by Gasteiger charge is 2.15. The Morgan fingerprint density at radius 1 is 1.04 bits per heavy atom. The molecule has 3 aromatic heterocycles. The first-order valence-corrected chi connectivity index (χ1v) is 8.61. The number of hydrogen-bond donors (Lipinski definition) is 0. The average Bonchev–Trinajstić information content (AvgIpc) is 3.26. The molecule has 0 unspecified atom stereocenters. The Labute approximate surface area is 151 Å². The van der Waals surface area contributed by atoms with Crippen LogP contribution in [0.1, 0.15) is 18.6 Å². The van der Waals surface area contributed by atoms with E-state index in [1.807, 2.05) is 43.4 Å². The molecule has 4 rings (SSSR count). The lowest BCUT2D eigenvalue weighted by atomic mass is 10.3. The first-order valence-electron chi connectivity index (χ1n) is 8.61. The molecule has 132 valence electrons. The SMILES string of the molecule is CCn1c(CN(C)Cc2nc(-c3ccccn3)no2)nc2ccccc21. The molecule has 7 heteroatoms. The zero-order valence-corrected chi connectivity index (χ0v) is 14.8. The van der Waals surface area contributed by atoms with E-state index in [1.165, 1.54) is 0 Å². The van der Waals surface area contributed by atoms with Gasteiger partial charge in [0.05, 0.1) is 24.1 Å². The first kappa shape index (κ1) is 16.4. The van der Waals surface area contributed by atoms with E-state index in [4.69, 9.17) is 9.51 Å². The first-order chi connectivity index (χ1) is 12.7. The zero-order chi connectivity index (χ0) is 17.9. The van der Waals surface area contributed by atoms with E-state index in [9.17, 15) is 0 Å². The van der Waals surface area contributed by atoms with Crippen LogP contribution in [0.25, 0.3) is 22.6 Å². The van der Waals surface area contributed by atoms with E-state index in [2.05, 4.69) is 37.6 Å². The summed E-state index contributed by atoms with van der Waals surface area (Å²) in [7, 11) is 2.02. The molecule has 0 amide bonds. The summed E-state index contributed by atoms with van der Waals surface area (Å²) in [4.78, 5) is 15.6. The number of benzene rings is 1. The highest BCUT2D eigenvalue weighted by atomic mass is 16.5. The summed E-state index contributed by atoms with van der Waals surface area (Å²) < 4.78 is 7.61. The molecule has 0 N–H and O–H groups in total. The van der Waals surface area contributed by atoms with Gasteiger partial charge in [0.2, 0.25) is 11.7 Å². The standard InChI is InChI=1S/C19H20N6O/c1-3-25-16-10-5-4-8-14(16)21-17(25)12-24(2)13-18-22-19(23-26-18)15-9-6-7-11-20-15/h4-11H,3,12-13H2,1-2H3. The Bertz CT molecular complexity index is 1010. The van der Waals surface area contributed by atoms with Gasteiger partial charge in [-0.2, -0.15) is 4.98 Å². The highest BCUT2D eigenvalue weighted by Crippen LogP contribution is 2.18. The van der Waals surface area contributed by atoms with Gasteiger partial charge >= 0.3 is 0 Å². The molecule has 0 aliphatic heterocycles. The molecule has 0 saturated carbocycles. The fourth-order valence-corrected chi connectivity index (χ4v) is 3.05. The van der Waals surface area contributed by atoms with Crippen molar-refractivity contribution in [3.63, 3.8) is 0 Å². The smallest absolute Gasteiger partial charge is 0.241 e. The molecule has 0 aliphatic carbocycles. The molecular formula is C19H20N6O. The van der Waals surface area contributed by atoms with Crippen LogP contribution in [-0.4, -0.2) is 36.6 Å². The maximum Gasteiger partial charge on any atom is 0.241 e. The minimum Gasteiger partial charge on any atom is -0.337 e. The fourth-order valence-electron chi connectivity index (χ4n) is 3.05. The predicted molar refractivity (Wildman–Crippen MR) is 98.1 cm³/mol. The van der Waals surface area contributed by atoms with Crippen molar-refractivity contribution in [2.75, 3.05) is 7.05 Å². The van der Waals surface area contributed by atoms with Gasteiger partial charge in [-0.1, -0.05) is 23.4 Å². The lowest BCUT2D eigenvalue weighted by Crippen LogP contribution is -2.20. The van der Waals surface area contributed by atoms with Crippen molar-refractivity contribution in [1.29, 1.82) is 0 Å². The quantitative estimate of drug-likeness (QED) is 0.533. The highest BCUT2D eigenvalue weighted by molar-refractivity contribution is 5.75. The summed E-state index contributed by atoms with van der Waals surface area (Å²) in [6.07, 6.45) is 1.72. The van der Waals surface area contributed by atoms with E-state index in [0.29, 0.717) is 30.5 Å². The van der Waals surface area contributed by atoms with Crippen molar-refractivity contribution < 1.29 is 4.52 Å². The third-order valence-electron chi connectivity index (χ3n) is 4.23. The van der Waals surface area contributed by atoms with E-state index in [1.54, 1.807) is 6.20 Å². The topological polar surface area (TPSA) is 72.9 Å². The van der Waals surface area contributed by atoms with Gasteiger partial charge < -0.3 is 9.09 Å². The van der Waals surface area contributed by atoms with Gasteiger partial charge in [0.15, 0.2) is 0 Å². The maximum atomic E-state index is 5.37. The number of pyridine rings is 1. The van der Waals surface area contributed by atoms with Gasteiger partial charge in [-0.15, -0.1) is 0 Å². The van der Waals surface area contributed by atoms with Crippen molar-refractivity contribution >= 4 is 11.0 Å². The van der Waals surface area contributed by atoms with Crippen LogP contribution < -0.4 is 0 Å². The van der Waals surface area contributed by atoms with E-state index >= 15 is 0 Å². The van der Waals surface area contributed by atoms with Gasteiger partial charge in [0.1, 0.15) is 11.5 Å². The van der Waals surface area contributed by atoms with Gasteiger partial charge in [-0.05, 0) is 38.2 Å².